The number of hydrogen-bond donors (Lipinski definition) is 0. The normalized spacial score (nSPS) is 13.1. The molecule has 0 atom stereocenters. The average Bonchev–Trinajstić information content (AvgIpc) is 3.72. The van der Waals surface area contributed by atoms with Crippen LogP contribution in [-0.4, -0.2) is 9.97 Å². The molecular formula is C51H34N2O. The lowest BCUT2D eigenvalue weighted by molar-refractivity contribution is 0.668. The molecule has 0 unspecified atom stereocenters. The Hall–Kier alpha value is -6.84. The number of aromatic nitrogens is 2. The van der Waals surface area contributed by atoms with E-state index in [0.717, 1.165) is 55.4 Å². The minimum absolute atomic E-state index is 0.186. The maximum atomic E-state index is 6.30. The first-order valence-corrected chi connectivity index (χ1v) is 18.6. The fraction of sp³-hybridized carbons (Fsp3) is 0.0588. The summed E-state index contributed by atoms with van der Waals surface area (Å²) in [6.45, 7) is 4.78. The maximum absolute atomic E-state index is 6.30. The van der Waals surface area contributed by atoms with Crippen molar-refractivity contribution in [2.24, 2.45) is 0 Å². The van der Waals surface area contributed by atoms with Gasteiger partial charge in [-0.2, -0.15) is 0 Å². The Kier molecular flexibility index (Phi) is 6.60. The van der Waals surface area contributed by atoms with Crippen molar-refractivity contribution in [2.45, 2.75) is 19.3 Å². The van der Waals surface area contributed by atoms with Crippen LogP contribution in [0.1, 0.15) is 25.0 Å². The zero-order valence-corrected chi connectivity index (χ0v) is 30.0. The summed E-state index contributed by atoms with van der Waals surface area (Å²) >= 11 is 0. The number of hydrogen-bond acceptors (Lipinski definition) is 3. The van der Waals surface area contributed by atoms with E-state index in [1.807, 2.05) is 30.3 Å². The molecule has 54 heavy (non-hydrogen) atoms. The van der Waals surface area contributed by atoms with E-state index in [-0.39, 0.29) is 5.41 Å². The van der Waals surface area contributed by atoms with E-state index in [4.69, 9.17) is 14.4 Å². The Morgan fingerprint density at radius 2 is 1.00 bits per heavy atom. The number of rotatable bonds is 4. The summed E-state index contributed by atoms with van der Waals surface area (Å²) in [5.74, 6) is 0.689. The molecule has 3 nitrogen and oxygen atoms in total. The molecule has 1 aliphatic carbocycles. The molecule has 10 aromatic rings. The number of furan rings is 1. The summed E-state index contributed by atoms with van der Waals surface area (Å²) in [5.41, 5.74) is 14.2. The smallest absolute Gasteiger partial charge is 0.160 e. The summed E-state index contributed by atoms with van der Waals surface area (Å²) in [7, 11) is 0. The van der Waals surface area contributed by atoms with Gasteiger partial charge in [-0.1, -0.05) is 159 Å². The van der Waals surface area contributed by atoms with Gasteiger partial charge >= 0.3 is 0 Å². The second kappa shape index (κ2) is 11.6. The van der Waals surface area contributed by atoms with E-state index < -0.39 is 0 Å². The van der Waals surface area contributed by atoms with Crippen LogP contribution in [0.15, 0.2) is 174 Å². The zero-order chi connectivity index (χ0) is 36.0. The molecule has 2 aromatic heterocycles. The topological polar surface area (TPSA) is 38.9 Å². The molecule has 0 bridgehead atoms. The van der Waals surface area contributed by atoms with Crippen molar-refractivity contribution >= 4 is 43.5 Å². The van der Waals surface area contributed by atoms with Gasteiger partial charge in [-0.15, -0.1) is 0 Å². The van der Waals surface area contributed by atoms with Crippen LogP contribution in [0.3, 0.4) is 0 Å². The van der Waals surface area contributed by atoms with Gasteiger partial charge in [0.15, 0.2) is 5.82 Å². The van der Waals surface area contributed by atoms with E-state index in [1.165, 1.54) is 49.5 Å². The van der Waals surface area contributed by atoms with Crippen molar-refractivity contribution in [2.75, 3.05) is 0 Å². The van der Waals surface area contributed by atoms with Crippen LogP contribution in [0.25, 0.3) is 99.6 Å². The minimum Gasteiger partial charge on any atom is -0.456 e. The van der Waals surface area contributed by atoms with Crippen LogP contribution < -0.4 is 0 Å². The van der Waals surface area contributed by atoms with Crippen LogP contribution in [0.2, 0.25) is 0 Å². The van der Waals surface area contributed by atoms with E-state index >= 15 is 0 Å². The molecule has 8 aromatic carbocycles. The molecule has 0 fully saturated rings. The highest BCUT2D eigenvalue weighted by molar-refractivity contribution is 6.08. The van der Waals surface area contributed by atoms with Gasteiger partial charge in [-0.05, 0) is 79.2 Å². The molecule has 0 saturated carbocycles. The van der Waals surface area contributed by atoms with Crippen LogP contribution in [0.4, 0.5) is 0 Å². The molecule has 1 aliphatic rings. The van der Waals surface area contributed by atoms with Crippen molar-refractivity contribution in [3.8, 4) is 56.2 Å². The predicted molar refractivity (Wildman–Crippen MR) is 224 cm³/mol. The molecule has 0 saturated heterocycles. The molecule has 0 radical (unpaired) electrons. The first-order valence-electron chi connectivity index (χ1n) is 18.6. The molecule has 0 amide bonds. The Bertz CT molecular complexity index is 3130. The van der Waals surface area contributed by atoms with Gasteiger partial charge in [0.2, 0.25) is 0 Å². The number of fused-ring (bicyclic) bond motifs is 9. The summed E-state index contributed by atoms with van der Waals surface area (Å²) in [6.07, 6.45) is 0. The SMILES string of the molecule is CC1(C)c2c(cccc2-c2ccc(-c3cc(-c4ccc5c(c4)oc4ccccc45)nc(-c4ccccc4)n3)c3ccccc23)-c2ccc3ccccc3c21. The first kappa shape index (κ1) is 30.8. The number of benzene rings is 8. The Balaban J connectivity index is 1.10. The van der Waals surface area contributed by atoms with E-state index in [2.05, 4.69) is 153 Å². The molecule has 0 aliphatic heterocycles. The van der Waals surface area contributed by atoms with Crippen molar-refractivity contribution in [3.05, 3.63) is 181 Å². The van der Waals surface area contributed by atoms with Gasteiger partial charge in [0.1, 0.15) is 11.2 Å². The lowest BCUT2D eigenvalue weighted by Crippen LogP contribution is -2.17. The zero-order valence-electron chi connectivity index (χ0n) is 30.0. The molecule has 11 rings (SSSR count). The third-order valence-electron chi connectivity index (χ3n) is 11.5. The monoisotopic (exact) mass is 690 g/mol. The molecule has 3 heteroatoms. The van der Waals surface area contributed by atoms with Gasteiger partial charge in [-0.3, -0.25) is 0 Å². The lowest BCUT2D eigenvalue weighted by Gasteiger charge is -2.26. The first-order chi connectivity index (χ1) is 26.5. The quantitative estimate of drug-likeness (QED) is 0.184. The molecular weight excluding hydrogens is 657 g/mol. The fourth-order valence-electron chi connectivity index (χ4n) is 9.06. The Morgan fingerprint density at radius 1 is 0.389 bits per heavy atom. The standard InChI is InChI=1S/C51H34N2O/c1-51(2)48-34-16-7-6-13-31(34)23-26-43(48)42-21-12-20-41(49(42)51)37-27-28-38(36-18-9-8-17-35(36)37)45-30-44(52-50(53-45)32-14-4-3-5-15-32)33-24-25-40-39-19-10-11-22-46(39)54-47(40)29-33/h3-30H,1-2H3. The molecule has 254 valence electrons. The molecule has 0 N–H and O–H groups in total. The van der Waals surface area contributed by atoms with E-state index in [1.54, 1.807) is 0 Å². The fourth-order valence-corrected chi connectivity index (χ4v) is 9.06. The van der Waals surface area contributed by atoms with Gasteiger partial charge in [0.25, 0.3) is 0 Å². The lowest BCUT2D eigenvalue weighted by atomic mass is 9.77. The van der Waals surface area contributed by atoms with Crippen molar-refractivity contribution in [1.82, 2.24) is 9.97 Å². The minimum atomic E-state index is -0.186. The van der Waals surface area contributed by atoms with Crippen molar-refractivity contribution in [3.63, 3.8) is 0 Å². The highest BCUT2D eigenvalue weighted by atomic mass is 16.3. The van der Waals surface area contributed by atoms with Crippen LogP contribution in [0.5, 0.6) is 0 Å². The maximum Gasteiger partial charge on any atom is 0.160 e. The van der Waals surface area contributed by atoms with Crippen LogP contribution in [-0.2, 0) is 5.41 Å². The van der Waals surface area contributed by atoms with E-state index in [0.29, 0.717) is 5.82 Å². The largest absolute Gasteiger partial charge is 0.456 e. The van der Waals surface area contributed by atoms with Gasteiger partial charge in [-0.25, -0.2) is 9.97 Å². The number of nitrogens with zero attached hydrogens (tertiary/aromatic N) is 2. The van der Waals surface area contributed by atoms with Crippen LogP contribution >= 0.6 is 0 Å². The van der Waals surface area contributed by atoms with Crippen molar-refractivity contribution < 1.29 is 4.42 Å². The molecule has 2 heterocycles. The highest BCUT2D eigenvalue weighted by Crippen LogP contribution is 2.55. The Labute approximate surface area is 313 Å². The summed E-state index contributed by atoms with van der Waals surface area (Å²) < 4.78 is 6.30. The summed E-state index contributed by atoms with van der Waals surface area (Å²) in [4.78, 5) is 10.4. The Morgan fingerprint density at radius 3 is 1.83 bits per heavy atom. The third-order valence-corrected chi connectivity index (χ3v) is 11.5. The predicted octanol–water partition coefficient (Wildman–Crippen LogP) is 13.7. The summed E-state index contributed by atoms with van der Waals surface area (Å²) in [6, 6.07) is 60.5. The highest BCUT2D eigenvalue weighted by Gasteiger charge is 2.39. The third kappa shape index (κ3) is 4.55. The average molecular weight is 691 g/mol. The van der Waals surface area contributed by atoms with Gasteiger partial charge in [0.05, 0.1) is 11.4 Å². The van der Waals surface area contributed by atoms with Crippen molar-refractivity contribution in [1.29, 1.82) is 0 Å². The second-order valence-electron chi connectivity index (χ2n) is 14.9. The second-order valence-corrected chi connectivity index (χ2v) is 14.9. The van der Waals surface area contributed by atoms with Crippen LogP contribution in [0, 0.1) is 0 Å². The van der Waals surface area contributed by atoms with Gasteiger partial charge < -0.3 is 4.42 Å². The van der Waals surface area contributed by atoms with Gasteiger partial charge in [0, 0.05) is 32.9 Å². The summed E-state index contributed by atoms with van der Waals surface area (Å²) in [5, 5.41) is 7.18. The molecule has 0 spiro atoms. The number of para-hydroxylation sites is 1. The van der Waals surface area contributed by atoms with E-state index in [9.17, 15) is 0 Å².